The first-order chi connectivity index (χ1) is 6.27. The van der Waals surface area contributed by atoms with Gasteiger partial charge in [-0.2, -0.15) is 0 Å². The van der Waals surface area contributed by atoms with Gasteiger partial charge in [-0.15, -0.1) is 0 Å². The average molecular weight is 194 g/mol. The molecule has 1 aliphatic heterocycles. The minimum absolute atomic E-state index is 0.471. The van der Waals surface area contributed by atoms with E-state index >= 15 is 0 Å². The lowest BCUT2D eigenvalue weighted by Crippen LogP contribution is -2.14. The van der Waals surface area contributed by atoms with Crippen LogP contribution in [0.25, 0.3) is 5.47 Å². The molecule has 1 aliphatic rings. The molecule has 0 radical (unpaired) electrons. The summed E-state index contributed by atoms with van der Waals surface area (Å²) in [5.41, 5.74) is 1.77. The molecule has 0 saturated heterocycles. The van der Waals surface area contributed by atoms with E-state index in [1.54, 1.807) is 12.1 Å². The first kappa shape index (κ1) is 8.82. The third-order valence-corrected chi connectivity index (χ3v) is 2.25. The Labute approximate surface area is 81.9 Å². The van der Waals surface area contributed by atoms with Gasteiger partial charge >= 0.3 is 7.12 Å². The molecule has 0 fully saturated rings. The Morgan fingerprint density at radius 1 is 1.31 bits per heavy atom. The Morgan fingerprint density at radius 3 is 2.54 bits per heavy atom. The van der Waals surface area contributed by atoms with Crippen LogP contribution in [0, 0.1) is 0 Å². The molecular weight excluding hydrogens is 186 g/mol. The molecule has 0 aliphatic carbocycles. The Morgan fingerprint density at radius 2 is 2.00 bits per heavy atom. The van der Waals surface area contributed by atoms with Crippen molar-refractivity contribution in [2.45, 2.75) is 0 Å². The van der Waals surface area contributed by atoms with Crippen LogP contribution in [-0.4, -0.2) is 18.7 Å². The molecule has 0 saturated carbocycles. The van der Waals surface area contributed by atoms with Gasteiger partial charge in [-0.1, -0.05) is 29.8 Å². The molecule has 0 bridgehead atoms. The van der Waals surface area contributed by atoms with Crippen LogP contribution >= 0.6 is 11.6 Å². The van der Waals surface area contributed by atoms with Crippen LogP contribution in [0.15, 0.2) is 30.3 Å². The van der Waals surface area contributed by atoms with Gasteiger partial charge in [0.2, 0.25) is 0 Å². The number of hydrogen-bond acceptors (Lipinski definition) is 2. The van der Waals surface area contributed by atoms with E-state index in [4.69, 9.17) is 16.3 Å². The summed E-state index contributed by atoms with van der Waals surface area (Å²) in [5.74, 6) is 0. The molecule has 1 N–H and O–H groups in total. The van der Waals surface area contributed by atoms with Gasteiger partial charge in [-0.3, -0.25) is 0 Å². The van der Waals surface area contributed by atoms with Gasteiger partial charge in [-0.25, -0.2) is 0 Å². The van der Waals surface area contributed by atoms with E-state index in [0.29, 0.717) is 11.6 Å². The molecule has 0 spiro atoms. The van der Waals surface area contributed by atoms with E-state index in [9.17, 15) is 5.02 Å². The standard InChI is InChI=1S/C9H8BClO2/c11-8-3-1-7(2-4-8)9-5-6-13-10(9)12/h1-5,12H,6H2. The summed E-state index contributed by atoms with van der Waals surface area (Å²) in [5, 5.41) is 10.1. The van der Waals surface area contributed by atoms with Gasteiger partial charge < -0.3 is 9.68 Å². The summed E-state index contributed by atoms with van der Waals surface area (Å²) in [6.45, 7) is 0.471. The molecular formula is C9H8BClO2. The van der Waals surface area contributed by atoms with Crippen molar-refractivity contribution in [1.29, 1.82) is 0 Å². The predicted molar refractivity (Wildman–Crippen MR) is 53.4 cm³/mol. The van der Waals surface area contributed by atoms with Gasteiger partial charge in [0.15, 0.2) is 0 Å². The average Bonchev–Trinajstić information content (AvgIpc) is 2.53. The summed E-state index contributed by atoms with van der Waals surface area (Å²) >= 11 is 5.74. The number of rotatable bonds is 1. The van der Waals surface area contributed by atoms with Gasteiger partial charge in [0.25, 0.3) is 0 Å². The second kappa shape index (κ2) is 3.54. The second-order valence-electron chi connectivity index (χ2n) is 2.85. The van der Waals surface area contributed by atoms with Crippen LogP contribution in [0.2, 0.25) is 5.02 Å². The third-order valence-electron chi connectivity index (χ3n) is 2.00. The first-order valence-electron chi connectivity index (χ1n) is 4.03. The lowest BCUT2D eigenvalue weighted by atomic mass is 9.76. The van der Waals surface area contributed by atoms with E-state index in [-0.39, 0.29) is 0 Å². The first-order valence-corrected chi connectivity index (χ1v) is 4.41. The van der Waals surface area contributed by atoms with E-state index in [1.165, 1.54) is 0 Å². The maximum absolute atomic E-state index is 9.39. The summed E-state index contributed by atoms with van der Waals surface area (Å²) in [4.78, 5) is 0. The fourth-order valence-corrected chi connectivity index (χ4v) is 1.45. The highest BCUT2D eigenvalue weighted by Gasteiger charge is 2.25. The van der Waals surface area contributed by atoms with Crippen molar-refractivity contribution < 1.29 is 9.68 Å². The fourth-order valence-electron chi connectivity index (χ4n) is 1.32. The quantitative estimate of drug-likeness (QED) is 0.691. The van der Waals surface area contributed by atoms with Crippen LogP contribution in [0.4, 0.5) is 0 Å². The monoisotopic (exact) mass is 194 g/mol. The lowest BCUT2D eigenvalue weighted by molar-refractivity contribution is 0.316. The maximum Gasteiger partial charge on any atom is 0.491 e. The highest BCUT2D eigenvalue weighted by atomic mass is 35.5. The Hall–Kier alpha value is -0.765. The van der Waals surface area contributed by atoms with Crippen LogP contribution in [-0.2, 0) is 4.65 Å². The van der Waals surface area contributed by atoms with Crippen molar-refractivity contribution in [2.24, 2.45) is 0 Å². The molecule has 1 heterocycles. The summed E-state index contributed by atoms with van der Waals surface area (Å²) < 4.78 is 4.98. The lowest BCUT2D eigenvalue weighted by Gasteiger charge is -2.03. The topological polar surface area (TPSA) is 29.5 Å². The third kappa shape index (κ3) is 1.77. The molecule has 2 rings (SSSR count). The largest absolute Gasteiger partial charge is 0.491 e. The van der Waals surface area contributed by atoms with Gasteiger partial charge in [0.1, 0.15) is 0 Å². The van der Waals surface area contributed by atoms with Crippen molar-refractivity contribution in [3.05, 3.63) is 40.9 Å². The van der Waals surface area contributed by atoms with Crippen LogP contribution in [0.5, 0.6) is 0 Å². The second-order valence-corrected chi connectivity index (χ2v) is 3.29. The van der Waals surface area contributed by atoms with Crippen LogP contribution < -0.4 is 0 Å². The SMILES string of the molecule is OB1OCC=C1c1ccc(Cl)cc1. The van der Waals surface area contributed by atoms with Gasteiger partial charge in [-0.05, 0) is 23.2 Å². The van der Waals surface area contributed by atoms with E-state index < -0.39 is 7.12 Å². The van der Waals surface area contributed by atoms with Crippen LogP contribution in [0.1, 0.15) is 5.56 Å². The zero-order chi connectivity index (χ0) is 9.26. The molecule has 1 aromatic carbocycles. The van der Waals surface area contributed by atoms with Crippen molar-refractivity contribution in [1.82, 2.24) is 0 Å². The summed E-state index contributed by atoms with van der Waals surface area (Å²) in [7, 11) is -0.791. The predicted octanol–water partition coefficient (Wildman–Crippen LogP) is 1.77. The van der Waals surface area contributed by atoms with E-state index in [0.717, 1.165) is 11.0 Å². The number of halogens is 1. The summed E-state index contributed by atoms with van der Waals surface area (Å²) in [6, 6.07) is 7.32. The Kier molecular flexibility index (Phi) is 2.40. The fraction of sp³-hybridized carbons (Fsp3) is 0.111. The van der Waals surface area contributed by atoms with Crippen LogP contribution in [0.3, 0.4) is 0 Å². The highest BCUT2D eigenvalue weighted by Crippen LogP contribution is 2.22. The zero-order valence-electron chi connectivity index (χ0n) is 6.90. The van der Waals surface area contributed by atoms with Crippen molar-refractivity contribution in [2.75, 3.05) is 6.61 Å². The normalized spacial score (nSPS) is 16.2. The molecule has 1 aromatic rings. The molecule has 2 nitrogen and oxygen atoms in total. The number of hydrogen-bond donors (Lipinski definition) is 1. The molecule has 13 heavy (non-hydrogen) atoms. The minimum atomic E-state index is -0.791. The molecule has 66 valence electrons. The van der Waals surface area contributed by atoms with Gasteiger partial charge in [0.05, 0.1) is 6.61 Å². The molecule has 0 atom stereocenters. The van der Waals surface area contributed by atoms with Crippen molar-refractivity contribution >= 4 is 24.2 Å². The maximum atomic E-state index is 9.39. The molecule has 0 unspecified atom stereocenters. The van der Waals surface area contributed by atoms with Gasteiger partial charge in [0, 0.05) is 5.02 Å². The van der Waals surface area contributed by atoms with Crippen molar-refractivity contribution in [3.8, 4) is 0 Å². The molecule has 4 heteroatoms. The smallest absolute Gasteiger partial charge is 0.423 e. The molecule has 0 aromatic heterocycles. The summed E-state index contributed by atoms with van der Waals surface area (Å²) in [6.07, 6.45) is 1.87. The zero-order valence-corrected chi connectivity index (χ0v) is 7.66. The van der Waals surface area contributed by atoms with Crippen molar-refractivity contribution in [3.63, 3.8) is 0 Å². The van der Waals surface area contributed by atoms with E-state index in [1.807, 2.05) is 18.2 Å². The Bertz CT molecular complexity index is 334. The molecule has 0 amide bonds. The number of benzene rings is 1. The Balaban J connectivity index is 2.30. The minimum Gasteiger partial charge on any atom is -0.423 e. The highest BCUT2D eigenvalue weighted by molar-refractivity contribution is 6.67. The van der Waals surface area contributed by atoms with E-state index in [2.05, 4.69) is 0 Å².